The van der Waals surface area contributed by atoms with Gasteiger partial charge < -0.3 is 10.2 Å². The highest BCUT2D eigenvalue weighted by Crippen LogP contribution is 2.31. The van der Waals surface area contributed by atoms with Crippen molar-refractivity contribution >= 4 is 32.7 Å². The Hall–Kier alpha value is -3.29. The number of sulfonamides is 1. The fourth-order valence-corrected chi connectivity index (χ4v) is 4.90. The van der Waals surface area contributed by atoms with Gasteiger partial charge in [-0.2, -0.15) is 10.2 Å². The van der Waals surface area contributed by atoms with Crippen LogP contribution in [0.15, 0.2) is 53.4 Å². The van der Waals surface area contributed by atoms with Crippen LogP contribution < -0.4 is 14.5 Å². The van der Waals surface area contributed by atoms with Crippen LogP contribution in [-0.2, 0) is 10.0 Å². The predicted octanol–water partition coefficient (Wildman–Crippen LogP) is 2.08. The normalized spacial score (nSPS) is 14.4. The highest BCUT2D eigenvalue weighted by atomic mass is 32.2. The summed E-state index contributed by atoms with van der Waals surface area (Å²) in [4.78, 5) is 11.1. The van der Waals surface area contributed by atoms with Crippen molar-refractivity contribution < 1.29 is 12.8 Å². The zero-order chi connectivity index (χ0) is 21.8. The zero-order valence-electron chi connectivity index (χ0n) is 16.7. The van der Waals surface area contributed by atoms with Gasteiger partial charge in [0.15, 0.2) is 5.82 Å². The van der Waals surface area contributed by atoms with Gasteiger partial charge in [0, 0.05) is 31.6 Å². The summed E-state index contributed by atoms with van der Waals surface area (Å²) in [5.74, 6) is 0.551. The summed E-state index contributed by atoms with van der Waals surface area (Å²) in [6.45, 7) is 1.64. The molecule has 2 heterocycles. The van der Waals surface area contributed by atoms with Crippen molar-refractivity contribution in [2.24, 2.45) is 0 Å². The highest BCUT2D eigenvalue weighted by Gasteiger charge is 2.29. The molecule has 1 aromatic heterocycles. The number of aromatic nitrogens is 2. The standard InChI is InChI=1S/C21H21FN6O2S/c22-9-12-28(31(29,30)17-7-5-16(15-23)6-8-17)20-18-3-1-2-4-19(18)25-21(26-20)27-13-10-24-11-14-27/h1-8,24H,9-14H2. The summed E-state index contributed by atoms with van der Waals surface area (Å²) in [7, 11) is -4.12. The minimum atomic E-state index is -4.12. The fourth-order valence-electron chi connectivity index (χ4n) is 3.49. The second-order valence-corrected chi connectivity index (χ2v) is 8.87. The van der Waals surface area contributed by atoms with Gasteiger partial charge in [0.05, 0.1) is 28.6 Å². The van der Waals surface area contributed by atoms with E-state index in [0.717, 1.165) is 17.4 Å². The molecular formula is C21H21FN6O2S. The van der Waals surface area contributed by atoms with Crippen LogP contribution in [0.1, 0.15) is 5.56 Å². The monoisotopic (exact) mass is 440 g/mol. The molecule has 3 aromatic rings. The molecule has 0 saturated carbocycles. The number of benzene rings is 2. The molecule has 0 radical (unpaired) electrons. The molecule has 160 valence electrons. The van der Waals surface area contributed by atoms with Gasteiger partial charge >= 0.3 is 0 Å². The van der Waals surface area contributed by atoms with Crippen LogP contribution in [0.2, 0.25) is 0 Å². The first-order chi connectivity index (χ1) is 15.0. The maximum atomic E-state index is 13.5. The molecule has 8 nitrogen and oxygen atoms in total. The van der Waals surface area contributed by atoms with Crippen molar-refractivity contribution in [1.82, 2.24) is 15.3 Å². The molecule has 1 aliphatic heterocycles. The average Bonchev–Trinajstić information content (AvgIpc) is 2.82. The topological polar surface area (TPSA) is 102 Å². The molecule has 0 amide bonds. The second kappa shape index (κ2) is 8.83. The Morgan fingerprint density at radius 3 is 2.48 bits per heavy atom. The number of fused-ring (bicyclic) bond motifs is 1. The van der Waals surface area contributed by atoms with Crippen molar-refractivity contribution in [3.8, 4) is 6.07 Å². The van der Waals surface area contributed by atoms with E-state index in [9.17, 15) is 12.8 Å². The molecule has 31 heavy (non-hydrogen) atoms. The third-order valence-electron chi connectivity index (χ3n) is 5.07. The van der Waals surface area contributed by atoms with Gasteiger partial charge in [-0.25, -0.2) is 22.1 Å². The number of piperazine rings is 1. The van der Waals surface area contributed by atoms with Crippen molar-refractivity contribution in [3.05, 3.63) is 54.1 Å². The van der Waals surface area contributed by atoms with E-state index < -0.39 is 16.7 Å². The Kier molecular flexibility index (Phi) is 5.97. The lowest BCUT2D eigenvalue weighted by Crippen LogP contribution is -2.44. The van der Waals surface area contributed by atoms with Crippen LogP contribution in [0.4, 0.5) is 16.2 Å². The quantitative estimate of drug-likeness (QED) is 0.626. The fraction of sp³-hybridized carbons (Fsp3) is 0.286. The molecule has 1 fully saturated rings. The molecule has 0 aliphatic carbocycles. The van der Waals surface area contributed by atoms with Crippen LogP contribution in [0.25, 0.3) is 10.9 Å². The van der Waals surface area contributed by atoms with Crippen molar-refractivity contribution in [2.45, 2.75) is 4.90 Å². The SMILES string of the molecule is N#Cc1ccc(S(=O)(=O)N(CCF)c2nc(N3CCNCC3)nc3ccccc23)cc1. The van der Waals surface area contributed by atoms with Crippen molar-refractivity contribution in [3.63, 3.8) is 0 Å². The molecule has 1 N–H and O–H groups in total. The Balaban J connectivity index is 1.86. The van der Waals surface area contributed by atoms with Crippen molar-refractivity contribution in [1.29, 1.82) is 5.26 Å². The number of nitriles is 1. The van der Waals surface area contributed by atoms with E-state index >= 15 is 0 Å². The average molecular weight is 441 g/mol. The molecule has 10 heteroatoms. The zero-order valence-corrected chi connectivity index (χ0v) is 17.5. The summed E-state index contributed by atoms with van der Waals surface area (Å²) >= 11 is 0. The van der Waals surface area contributed by atoms with Crippen LogP contribution in [0.3, 0.4) is 0 Å². The minimum Gasteiger partial charge on any atom is -0.338 e. The molecule has 0 atom stereocenters. The Morgan fingerprint density at radius 2 is 1.81 bits per heavy atom. The van der Waals surface area contributed by atoms with Gasteiger partial charge in [-0.15, -0.1) is 0 Å². The summed E-state index contributed by atoms with van der Waals surface area (Å²) < 4.78 is 41.4. The van der Waals surface area contributed by atoms with E-state index in [1.165, 1.54) is 24.3 Å². The Labute approximate surface area is 180 Å². The number of alkyl halides is 1. The number of nitrogens with one attached hydrogen (secondary N) is 1. The first-order valence-corrected chi connectivity index (χ1v) is 11.3. The van der Waals surface area contributed by atoms with E-state index in [2.05, 4.69) is 15.3 Å². The van der Waals surface area contributed by atoms with Gasteiger partial charge in [0.2, 0.25) is 5.95 Å². The van der Waals surface area contributed by atoms with Crippen molar-refractivity contribution in [2.75, 3.05) is 48.6 Å². The molecule has 0 unspecified atom stereocenters. The molecule has 4 rings (SSSR count). The first-order valence-electron chi connectivity index (χ1n) is 9.86. The molecule has 2 aromatic carbocycles. The third-order valence-corrected chi connectivity index (χ3v) is 6.87. The lowest BCUT2D eigenvalue weighted by Gasteiger charge is -2.29. The number of halogens is 1. The van der Waals surface area contributed by atoms with Gasteiger partial charge in [0.25, 0.3) is 10.0 Å². The predicted molar refractivity (Wildman–Crippen MR) is 116 cm³/mol. The van der Waals surface area contributed by atoms with E-state index in [4.69, 9.17) is 5.26 Å². The van der Waals surface area contributed by atoms with Gasteiger partial charge in [0.1, 0.15) is 6.67 Å². The maximum Gasteiger partial charge on any atom is 0.265 e. The summed E-state index contributed by atoms with van der Waals surface area (Å²) in [5, 5.41) is 12.8. The van der Waals surface area contributed by atoms with E-state index in [1.807, 2.05) is 17.0 Å². The smallest absolute Gasteiger partial charge is 0.265 e. The van der Waals surface area contributed by atoms with Gasteiger partial charge in [-0.05, 0) is 36.4 Å². The number of hydrogen-bond donors (Lipinski definition) is 1. The number of hydrogen-bond acceptors (Lipinski definition) is 7. The highest BCUT2D eigenvalue weighted by molar-refractivity contribution is 7.92. The summed E-state index contributed by atoms with van der Waals surface area (Å²) in [6, 6.07) is 14.6. The van der Waals surface area contributed by atoms with Gasteiger partial charge in [-0.1, -0.05) is 12.1 Å². The van der Waals surface area contributed by atoms with Crippen LogP contribution in [0.5, 0.6) is 0 Å². The molecule has 1 aliphatic rings. The summed E-state index contributed by atoms with van der Waals surface area (Å²) in [6.07, 6.45) is 0. The molecular weight excluding hydrogens is 419 g/mol. The third kappa shape index (κ3) is 4.15. The molecule has 0 spiro atoms. The molecule has 1 saturated heterocycles. The lowest BCUT2D eigenvalue weighted by molar-refractivity contribution is 0.499. The number of anilines is 2. The Bertz CT molecular complexity index is 1220. The molecule has 0 bridgehead atoms. The van der Waals surface area contributed by atoms with Crippen LogP contribution >= 0.6 is 0 Å². The van der Waals surface area contributed by atoms with Crippen LogP contribution in [0, 0.1) is 11.3 Å². The van der Waals surface area contributed by atoms with Crippen LogP contribution in [-0.4, -0.2) is 57.8 Å². The maximum absolute atomic E-state index is 13.5. The van der Waals surface area contributed by atoms with E-state index in [0.29, 0.717) is 35.5 Å². The van der Waals surface area contributed by atoms with E-state index in [1.54, 1.807) is 18.2 Å². The Morgan fingerprint density at radius 1 is 1.10 bits per heavy atom. The minimum absolute atomic E-state index is 0.0358. The first kappa shape index (κ1) is 21.0. The lowest BCUT2D eigenvalue weighted by atomic mass is 10.2. The second-order valence-electron chi connectivity index (χ2n) is 7.00. The largest absolute Gasteiger partial charge is 0.338 e. The number of nitrogens with zero attached hydrogens (tertiary/aromatic N) is 5. The summed E-state index contributed by atoms with van der Waals surface area (Å²) in [5.41, 5.74) is 0.921. The van der Waals surface area contributed by atoms with Gasteiger partial charge in [-0.3, -0.25) is 0 Å². The van der Waals surface area contributed by atoms with E-state index in [-0.39, 0.29) is 17.3 Å². The number of rotatable bonds is 6. The number of para-hydroxylation sites is 1.